The summed E-state index contributed by atoms with van der Waals surface area (Å²) in [5.41, 5.74) is 0.474. The van der Waals surface area contributed by atoms with Crippen molar-refractivity contribution in [3.8, 4) is 5.69 Å². The Morgan fingerprint density at radius 1 is 1.20 bits per heavy atom. The molecule has 0 unspecified atom stereocenters. The van der Waals surface area contributed by atoms with Crippen LogP contribution in [0.5, 0.6) is 0 Å². The first kappa shape index (κ1) is 21.5. The molecular formula is C21H18F3N3O2S. The molecule has 2 heterocycles. The standard InChI is InChI=1S/C21H18F3N3O2S/c1-4-9-26-19(29)15(18(28)25-20(26)30)11-14-10-12(2)27(13(14)3)17-8-6-5-7-16(17)21(22,23)24/h4-8,10-11H,1,9H2,2-3H3,(H,25,28,30)/b15-11+. The lowest BCUT2D eigenvalue weighted by Gasteiger charge is -2.27. The lowest BCUT2D eigenvalue weighted by molar-refractivity contribution is -0.137. The van der Waals surface area contributed by atoms with Crippen LogP contribution in [0.1, 0.15) is 22.5 Å². The van der Waals surface area contributed by atoms with Crippen molar-refractivity contribution >= 4 is 35.2 Å². The molecule has 2 amide bonds. The second-order valence-electron chi connectivity index (χ2n) is 6.70. The molecule has 0 spiro atoms. The molecule has 0 aliphatic carbocycles. The number of para-hydroxylation sites is 1. The summed E-state index contributed by atoms with van der Waals surface area (Å²) in [7, 11) is 0. The van der Waals surface area contributed by atoms with Crippen LogP contribution in [0.4, 0.5) is 13.2 Å². The molecule has 9 heteroatoms. The van der Waals surface area contributed by atoms with Crippen LogP contribution in [0.15, 0.2) is 48.6 Å². The summed E-state index contributed by atoms with van der Waals surface area (Å²) in [6, 6.07) is 6.86. The molecule has 0 saturated carbocycles. The highest BCUT2D eigenvalue weighted by molar-refractivity contribution is 7.80. The van der Waals surface area contributed by atoms with E-state index in [1.807, 2.05) is 0 Å². The number of amides is 2. The van der Waals surface area contributed by atoms with Crippen molar-refractivity contribution in [1.82, 2.24) is 14.8 Å². The van der Waals surface area contributed by atoms with E-state index < -0.39 is 23.6 Å². The predicted octanol–water partition coefficient (Wildman–Crippen LogP) is 3.93. The summed E-state index contributed by atoms with van der Waals surface area (Å²) in [4.78, 5) is 26.2. The molecule has 1 aromatic carbocycles. The molecule has 1 fully saturated rings. The Kier molecular flexibility index (Phi) is 5.67. The van der Waals surface area contributed by atoms with Crippen LogP contribution < -0.4 is 5.32 Å². The lowest BCUT2D eigenvalue weighted by Crippen LogP contribution is -2.53. The molecule has 3 rings (SSSR count). The van der Waals surface area contributed by atoms with Crippen molar-refractivity contribution in [3.63, 3.8) is 0 Å². The molecule has 1 aliphatic heterocycles. The second kappa shape index (κ2) is 7.91. The third kappa shape index (κ3) is 3.80. The number of aromatic nitrogens is 1. The molecule has 0 radical (unpaired) electrons. The number of alkyl halides is 3. The minimum Gasteiger partial charge on any atom is -0.317 e. The highest BCUT2D eigenvalue weighted by Gasteiger charge is 2.35. The number of halogens is 3. The Morgan fingerprint density at radius 3 is 2.50 bits per heavy atom. The fourth-order valence-electron chi connectivity index (χ4n) is 3.36. The Labute approximate surface area is 176 Å². The van der Waals surface area contributed by atoms with E-state index in [9.17, 15) is 22.8 Å². The van der Waals surface area contributed by atoms with E-state index in [2.05, 4.69) is 11.9 Å². The Bertz CT molecular complexity index is 1100. The van der Waals surface area contributed by atoms with Crippen molar-refractivity contribution in [2.24, 2.45) is 0 Å². The second-order valence-corrected chi connectivity index (χ2v) is 7.09. The van der Waals surface area contributed by atoms with Crippen LogP contribution in [-0.4, -0.2) is 32.9 Å². The fraction of sp³-hybridized carbons (Fsp3) is 0.190. The SMILES string of the molecule is C=CCN1C(=O)/C(=C/c2cc(C)n(-c3ccccc3C(F)(F)F)c2C)C(=O)NC1=S. The molecule has 0 bridgehead atoms. The van der Waals surface area contributed by atoms with Crippen LogP contribution in [0.2, 0.25) is 0 Å². The van der Waals surface area contributed by atoms with Crippen molar-refractivity contribution in [3.05, 3.63) is 71.1 Å². The van der Waals surface area contributed by atoms with Gasteiger partial charge in [-0.1, -0.05) is 18.2 Å². The lowest BCUT2D eigenvalue weighted by atomic mass is 10.1. The summed E-state index contributed by atoms with van der Waals surface area (Å²) < 4.78 is 41.9. The first-order valence-electron chi connectivity index (χ1n) is 8.91. The van der Waals surface area contributed by atoms with Crippen molar-refractivity contribution in [2.75, 3.05) is 6.54 Å². The number of rotatable bonds is 4. The van der Waals surface area contributed by atoms with Gasteiger partial charge in [0, 0.05) is 17.9 Å². The summed E-state index contributed by atoms with van der Waals surface area (Å²) in [5, 5.41) is 2.42. The van der Waals surface area contributed by atoms with Crippen molar-refractivity contribution < 1.29 is 22.8 Å². The van der Waals surface area contributed by atoms with Crippen LogP contribution >= 0.6 is 12.2 Å². The van der Waals surface area contributed by atoms with E-state index in [4.69, 9.17) is 12.2 Å². The van der Waals surface area contributed by atoms with Crippen LogP contribution in [0.3, 0.4) is 0 Å². The molecule has 1 N–H and O–H groups in total. The highest BCUT2D eigenvalue weighted by atomic mass is 32.1. The van der Waals surface area contributed by atoms with Gasteiger partial charge in [0.05, 0.1) is 11.3 Å². The molecule has 30 heavy (non-hydrogen) atoms. The number of aryl methyl sites for hydroxylation is 1. The summed E-state index contributed by atoms with van der Waals surface area (Å²) in [6.45, 7) is 6.97. The molecule has 1 aromatic heterocycles. The largest absolute Gasteiger partial charge is 0.418 e. The quantitative estimate of drug-likeness (QED) is 0.344. The predicted molar refractivity (Wildman–Crippen MR) is 111 cm³/mol. The number of carbonyl (C=O) groups excluding carboxylic acids is 2. The van der Waals surface area contributed by atoms with Gasteiger partial charge in [-0.2, -0.15) is 13.2 Å². The monoisotopic (exact) mass is 433 g/mol. The minimum absolute atomic E-state index is 0.0216. The number of hydrogen-bond donors (Lipinski definition) is 1. The van der Waals surface area contributed by atoms with Crippen LogP contribution in [-0.2, 0) is 15.8 Å². The van der Waals surface area contributed by atoms with E-state index in [1.54, 1.807) is 19.9 Å². The fourth-order valence-corrected chi connectivity index (χ4v) is 3.61. The van der Waals surface area contributed by atoms with Crippen LogP contribution in [0, 0.1) is 13.8 Å². The van der Waals surface area contributed by atoms with E-state index in [1.165, 1.54) is 39.8 Å². The van der Waals surface area contributed by atoms with Gasteiger partial charge in [0.2, 0.25) is 0 Å². The Morgan fingerprint density at radius 2 is 1.87 bits per heavy atom. The van der Waals surface area contributed by atoms with Crippen molar-refractivity contribution in [1.29, 1.82) is 0 Å². The third-order valence-corrected chi connectivity index (χ3v) is 5.04. The Balaban J connectivity index is 2.12. The summed E-state index contributed by atoms with van der Waals surface area (Å²) >= 11 is 5.02. The first-order chi connectivity index (χ1) is 14.1. The van der Waals surface area contributed by atoms with E-state index in [-0.39, 0.29) is 22.9 Å². The zero-order valence-electron chi connectivity index (χ0n) is 16.2. The van der Waals surface area contributed by atoms with Gasteiger partial charge >= 0.3 is 6.18 Å². The zero-order chi connectivity index (χ0) is 22.2. The number of carbonyl (C=O) groups is 2. The van der Waals surface area contributed by atoms with Gasteiger partial charge in [0.1, 0.15) is 5.57 Å². The first-order valence-corrected chi connectivity index (χ1v) is 9.32. The van der Waals surface area contributed by atoms with Gasteiger partial charge in [-0.15, -0.1) is 6.58 Å². The maximum atomic E-state index is 13.5. The maximum Gasteiger partial charge on any atom is 0.418 e. The highest BCUT2D eigenvalue weighted by Crippen LogP contribution is 2.35. The summed E-state index contributed by atoms with van der Waals surface area (Å²) in [5.74, 6) is -1.25. The molecule has 5 nitrogen and oxygen atoms in total. The topological polar surface area (TPSA) is 54.3 Å². The van der Waals surface area contributed by atoms with E-state index >= 15 is 0 Å². The number of nitrogens with zero attached hydrogens (tertiary/aromatic N) is 2. The zero-order valence-corrected chi connectivity index (χ0v) is 17.0. The molecule has 2 aromatic rings. The van der Waals surface area contributed by atoms with Crippen LogP contribution in [0.25, 0.3) is 11.8 Å². The number of nitrogens with one attached hydrogen (secondary N) is 1. The average Bonchev–Trinajstić information content (AvgIpc) is 2.94. The van der Waals surface area contributed by atoms with Gasteiger partial charge in [0.25, 0.3) is 11.8 Å². The minimum atomic E-state index is -4.53. The number of benzene rings is 1. The van der Waals surface area contributed by atoms with Crippen molar-refractivity contribution in [2.45, 2.75) is 20.0 Å². The van der Waals surface area contributed by atoms with Gasteiger partial charge in [-0.05, 0) is 55.9 Å². The van der Waals surface area contributed by atoms with Gasteiger partial charge in [0.15, 0.2) is 5.11 Å². The van der Waals surface area contributed by atoms with Gasteiger partial charge < -0.3 is 4.57 Å². The molecule has 1 aliphatic rings. The number of thiocarbonyl (C=S) groups is 1. The molecule has 1 saturated heterocycles. The summed E-state index contributed by atoms with van der Waals surface area (Å²) in [6.07, 6.45) is -1.69. The number of hydrogen-bond acceptors (Lipinski definition) is 3. The molecule has 0 atom stereocenters. The molecule has 156 valence electrons. The third-order valence-electron chi connectivity index (χ3n) is 4.72. The van der Waals surface area contributed by atoms with Gasteiger partial charge in [-0.3, -0.25) is 19.8 Å². The van der Waals surface area contributed by atoms with E-state index in [0.29, 0.717) is 17.0 Å². The average molecular weight is 433 g/mol. The van der Waals surface area contributed by atoms with E-state index in [0.717, 1.165) is 6.07 Å². The Hall–Kier alpha value is -3.20. The molecular weight excluding hydrogens is 415 g/mol. The smallest absolute Gasteiger partial charge is 0.317 e. The van der Waals surface area contributed by atoms with Gasteiger partial charge in [-0.25, -0.2) is 0 Å². The normalized spacial score (nSPS) is 16.2. The maximum absolute atomic E-state index is 13.5.